The third-order valence-corrected chi connectivity index (χ3v) is 6.11. The van der Waals surface area contributed by atoms with E-state index < -0.39 is 11.2 Å². The monoisotopic (exact) mass is 481 g/mol. The Hall–Kier alpha value is -4.02. The summed E-state index contributed by atoms with van der Waals surface area (Å²) in [6.45, 7) is 0.194. The lowest BCUT2D eigenvalue weighted by atomic mass is 10.1. The number of H-pyrrole nitrogens is 1. The van der Waals surface area contributed by atoms with Gasteiger partial charge in [-0.1, -0.05) is 18.6 Å². The highest BCUT2D eigenvalue weighted by atomic mass is 19.1. The number of rotatable bonds is 9. The van der Waals surface area contributed by atoms with Crippen molar-refractivity contribution in [3.63, 3.8) is 0 Å². The molecule has 11 heteroatoms. The molecule has 1 N–H and O–H groups in total. The summed E-state index contributed by atoms with van der Waals surface area (Å²) in [4.78, 5) is 43.7. The fraction of sp³-hybridized carbons (Fsp3) is 0.375. The van der Waals surface area contributed by atoms with Crippen molar-refractivity contribution in [2.24, 2.45) is 14.1 Å². The van der Waals surface area contributed by atoms with Crippen molar-refractivity contribution in [3.8, 4) is 11.3 Å². The molecule has 1 aromatic carbocycles. The SMILES string of the molecule is CN(CCCCCc1cc(-c2cccc(F)c2)n[nH]1)C(=O)Cn1c(=O)c2c(ncn2C)n(C)c1=O. The number of carbonyl (C=O) groups excluding carboxylic acids is 1. The number of fused-ring (bicyclic) bond motifs is 1. The van der Waals surface area contributed by atoms with Crippen molar-refractivity contribution in [1.29, 1.82) is 0 Å². The van der Waals surface area contributed by atoms with Crippen LogP contribution < -0.4 is 11.2 Å². The highest BCUT2D eigenvalue weighted by Gasteiger charge is 2.18. The minimum Gasteiger partial charge on any atom is -0.344 e. The standard InChI is InChI=1S/C24H28FN7O3/c1-29(20(33)14-32-23(34)21-22(26-15-30(21)2)31(3)24(32)35)11-6-4-5-10-18-13-19(28-27-18)16-8-7-9-17(25)12-16/h7-9,12-13,15H,4-6,10-11,14H2,1-3H3,(H,27,28). The largest absolute Gasteiger partial charge is 0.344 e. The number of unbranched alkanes of at least 4 members (excludes halogenated alkanes) is 2. The van der Waals surface area contributed by atoms with Crippen LogP contribution in [0.15, 0.2) is 46.2 Å². The van der Waals surface area contributed by atoms with Crippen molar-refractivity contribution >= 4 is 17.1 Å². The summed E-state index contributed by atoms with van der Waals surface area (Å²) in [6, 6.07) is 8.24. The second-order valence-electron chi connectivity index (χ2n) is 8.68. The van der Waals surface area contributed by atoms with E-state index in [4.69, 9.17) is 0 Å². The number of nitrogens with zero attached hydrogens (tertiary/aromatic N) is 6. The summed E-state index contributed by atoms with van der Waals surface area (Å²) >= 11 is 0. The summed E-state index contributed by atoms with van der Waals surface area (Å²) in [7, 11) is 4.87. The van der Waals surface area contributed by atoms with Crippen LogP contribution in [0.5, 0.6) is 0 Å². The van der Waals surface area contributed by atoms with Crippen LogP contribution in [0.25, 0.3) is 22.4 Å². The molecule has 0 bridgehead atoms. The average Bonchev–Trinajstić information content (AvgIpc) is 3.47. The van der Waals surface area contributed by atoms with E-state index in [-0.39, 0.29) is 23.8 Å². The molecule has 0 aliphatic carbocycles. The molecule has 0 saturated carbocycles. The van der Waals surface area contributed by atoms with Gasteiger partial charge in [-0.25, -0.2) is 18.7 Å². The average molecular weight is 482 g/mol. The Kier molecular flexibility index (Phi) is 6.94. The molecule has 0 unspecified atom stereocenters. The molecule has 1 amide bonds. The van der Waals surface area contributed by atoms with Gasteiger partial charge in [0, 0.05) is 38.9 Å². The Morgan fingerprint density at radius 1 is 1.14 bits per heavy atom. The van der Waals surface area contributed by atoms with Gasteiger partial charge in [0.05, 0.1) is 12.0 Å². The van der Waals surface area contributed by atoms with E-state index in [9.17, 15) is 18.8 Å². The van der Waals surface area contributed by atoms with Gasteiger partial charge in [0.15, 0.2) is 11.2 Å². The summed E-state index contributed by atoms with van der Waals surface area (Å²) in [5.41, 5.74) is 1.87. The molecular formula is C24H28FN7O3. The molecule has 0 saturated heterocycles. The van der Waals surface area contributed by atoms with Crippen molar-refractivity contribution in [2.45, 2.75) is 32.2 Å². The van der Waals surface area contributed by atoms with Crippen molar-refractivity contribution in [2.75, 3.05) is 13.6 Å². The van der Waals surface area contributed by atoms with E-state index in [2.05, 4.69) is 15.2 Å². The van der Waals surface area contributed by atoms with Gasteiger partial charge in [0.25, 0.3) is 5.56 Å². The Balaban J connectivity index is 1.27. The summed E-state index contributed by atoms with van der Waals surface area (Å²) in [5, 5.41) is 7.25. The third-order valence-electron chi connectivity index (χ3n) is 6.11. The van der Waals surface area contributed by atoms with Gasteiger partial charge in [-0.3, -0.25) is 19.3 Å². The highest BCUT2D eigenvalue weighted by Crippen LogP contribution is 2.19. The number of benzene rings is 1. The van der Waals surface area contributed by atoms with Gasteiger partial charge in [0.2, 0.25) is 5.91 Å². The number of nitrogens with one attached hydrogen (secondary N) is 1. The highest BCUT2D eigenvalue weighted by molar-refractivity contribution is 5.76. The maximum Gasteiger partial charge on any atom is 0.332 e. The molecule has 4 rings (SSSR count). The molecule has 0 radical (unpaired) electrons. The van der Waals surface area contributed by atoms with Gasteiger partial charge in [0.1, 0.15) is 12.4 Å². The van der Waals surface area contributed by atoms with Gasteiger partial charge < -0.3 is 9.47 Å². The summed E-state index contributed by atoms with van der Waals surface area (Å²) in [5.74, 6) is -0.604. The smallest absolute Gasteiger partial charge is 0.332 e. The lowest BCUT2D eigenvalue weighted by Crippen LogP contribution is -2.44. The molecule has 0 aliphatic heterocycles. The fourth-order valence-electron chi connectivity index (χ4n) is 4.04. The van der Waals surface area contributed by atoms with E-state index in [0.29, 0.717) is 17.9 Å². The summed E-state index contributed by atoms with van der Waals surface area (Å²) < 4.78 is 17.2. The zero-order chi connectivity index (χ0) is 25.1. The van der Waals surface area contributed by atoms with Crippen LogP contribution in [-0.2, 0) is 31.9 Å². The molecule has 4 aromatic rings. The van der Waals surface area contributed by atoms with Gasteiger partial charge in [-0.15, -0.1) is 0 Å². The zero-order valence-electron chi connectivity index (χ0n) is 20.0. The lowest BCUT2D eigenvalue weighted by Gasteiger charge is -2.18. The van der Waals surface area contributed by atoms with E-state index in [1.165, 1.54) is 35.0 Å². The molecule has 3 aromatic heterocycles. The number of carbonyl (C=O) groups is 1. The van der Waals surface area contributed by atoms with Crippen LogP contribution in [0, 0.1) is 5.82 Å². The third kappa shape index (κ3) is 5.08. The molecule has 184 valence electrons. The van der Waals surface area contributed by atoms with Crippen molar-refractivity contribution in [3.05, 3.63) is 69.0 Å². The van der Waals surface area contributed by atoms with Crippen LogP contribution in [-0.4, -0.2) is 53.3 Å². The number of amides is 1. The van der Waals surface area contributed by atoms with E-state index in [0.717, 1.165) is 41.5 Å². The molecule has 0 atom stereocenters. The normalized spacial score (nSPS) is 11.3. The van der Waals surface area contributed by atoms with E-state index >= 15 is 0 Å². The van der Waals surface area contributed by atoms with Gasteiger partial charge in [-0.2, -0.15) is 5.10 Å². The maximum absolute atomic E-state index is 13.4. The van der Waals surface area contributed by atoms with E-state index in [1.807, 2.05) is 12.1 Å². The second-order valence-corrected chi connectivity index (χ2v) is 8.68. The number of aryl methyl sites for hydroxylation is 3. The number of hydrogen-bond acceptors (Lipinski definition) is 5. The Bertz CT molecular complexity index is 1480. The van der Waals surface area contributed by atoms with Crippen LogP contribution >= 0.6 is 0 Å². The number of halogens is 1. The van der Waals surface area contributed by atoms with Crippen LogP contribution in [0.4, 0.5) is 4.39 Å². The number of aromatic nitrogens is 6. The van der Waals surface area contributed by atoms with Crippen LogP contribution in [0.1, 0.15) is 25.0 Å². The number of likely N-dealkylation sites (N-methyl/N-ethyl adjacent to an activating group) is 1. The summed E-state index contributed by atoms with van der Waals surface area (Å²) in [6.07, 6.45) is 4.81. The number of aromatic amines is 1. The predicted octanol–water partition coefficient (Wildman–Crippen LogP) is 1.83. The Labute approximate surface area is 200 Å². The maximum atomic E-state index is 13.4. The van der Waals surface area contributed by atoms with Gasteiger partial charge in [-0.05, 0) is 37.5 Å². The minimum atomic E-state index is -0.569. The first-order chi connectivity index (χ1) is 16.8. The van der Waals surface area contributed by atoms with Gasteiger partial charge >= 0.3 is 5.69 Å². The predicted molar refractivity (Wildman–Crippen MR) is 129 cm³/mol. The molecule has 35 heavy (non-hydrogen) atoms. The first kappa shape index (κ1) is 24.1. The fourth-order valence-corrected chi connectivity index (χ4v) is 4.04. The Morgan fingerprint density at radius 3 is 2.71 bits per heavy atom. The van der Waals surface area contributed by atoms with Crippen molar-refractivity contribution in [1.82, 2.24) is 33.8 Å². The number of imidazole rings is 1. The van der Waals surface area contributed by atoms with Crippen LogP contribution in [0.2, 0.25) is 0 Å². The zero-order valence-corrected chi connectivity index (χ0v) is 20.0. The molecule has 0 fully saturated rings. The minimum absolute atomic E-state index is 0.280. The second kappa shape index (κ2) is 10.1. The lowest BCUT2D eigenvalue weighted by molar-refractivity contribution is -0.130. The molecule has 10 nitrogen and oxygen atoms in total. The first-order valence-corrected chi connectivity index (χ1v) is 11.4. The molecule has 0 spiro atoms. The Morgan fingerprint density at radius 2 is 1.94 bits per heavy atom. The molecule has 0 aliphatic rings. The van der Waals surface area contributed by atoms with Crippen molar-refractivity contribution < 1.29 is 9.18 Å². The quantitative estimate of drug-likeness (QED) is 0.367. The first-order valence-electron chi connectivity index (χ1n) is 11.4. The van der Waals surface area contributed by atoms with E-state index in [1.54, 1.807) is 24.7 Å². The molecular weight excluding hydrogens is 453 g/mol. The van der Waals surface area contributed by atoms with Crippen LogP contribution in [0.3, 0.4) is 0 Å². The molecule has 3 heterocycles. The topological polar surface area (TPSA) is 111 Å². The number of hydrogen-bond donors (Lipinski definition) is 1.